The third-order valence-corrected chi connectivity index (χ3v) is 11.6. The van der Waals surface area contributed by atoms with Crippen molar-refractivity contribution in [3.63, 3.8) is 0 Å². The molecule has 318 valence electrons. The second-order valence-corrected chi connectivity index (χ2v) is 16.0. The molecule has 3 aliphatic heterocycles. The molecule has 4 heterocycles. The molecular formula is C40H60N10O8. The van der Waals surface area contributed by atoms with E-state index >= 15 is 0 Å². The molecule has 0 unspecified atom stereocenters. The standard InChI is InChI=1S/C40H60N10O8/c1-23(2)33(37(55)46-29(22-51)34(43)52)47-35(53)28(12-5-6-16-41)45-36(54)30-13-7-17-48(30)39(57)32-15-9-19-50(32)40(58)31-14-8-18-49(31)38(56)26(42)20-24-21-44-27-11-4-3-10-25(24)27/h3-4,10-11,21,23,26,28-33,44,51H,5-9,12-20,22,41-42H2,1-2H3,(H2,43,52)(H,45,54)(H,46,55)(H,47,53)/t26-,28-,29-,30-,31-,32-,33-/m0/s1. The van der Waals surface area contributed by atoms with Gasteiger partial charge in [0.2, 0.25) is 41.4 Å². The van der Waals surface area contributed by atoms with Crippen molar-refractivity contribution in [2.24, 2.45) is 23.1 Å². The smallest absolute Gasteiger partial charge is 0.246 e. The number of nitrogens with one attached hydrogen (secondary N) is 4. The fourth-order valence-corrected chi connectivity index (χ4v) is 8.38. The minimum Gasteiger partial charge on any atom is -0.394 e. The maximum atomic E-state index is 14.2. The fourth-order valence-electron chi connectivity index (χ4n) is 8.38. The first-order chi connectivity index (χ1) is 27.8. The summed E-state index contributed by atoms with van der Waals surface area (Å²) >= 11 is 0. The number of primary amides is 1. The summed E-state index contributed by atoms with van der Waals surface area (Å²) in [6, 6.07) is 0.911. The van der Waals surface area contributed by atoms with Gasteiger partial charge in [-0.15, -0.1) is 0 Å². The zero-order chi connectivity index (χ0) is 42.1. The molecule has 18 heteroatoms. The molecule has 3 saturated heterocycles. The van der Waals surface area contributed by atoms with E-state index in [0.29, 0.717) is 77.4 Å². The number of amides is 7. The molecule has 5 rings (SSSR count). The van der Waals surface area contributed by atoms with E-state index in [4.69, 9.17) is 17.2 Å². The third kappa shape index (κ3) is 10.1. The molecule has 0 saturated carbocycles. The van der Waals surface area contributed by atoms with Crippen LogP contribution in [0.5, 0.6) is 0 Å². The van der Waals surface area contributed by atoms with E-state index in [-0.39, 0.29) is 30.7 Å². The van der Waals surface area contributed by atoms with Gasteiger partial charge >= 0.3 is 0 Å². The van der Waals surface area contributed by atoms with Gasteiger partial charge in [0.15, 0.2) is 0 Å². The second-order valence-electron chi connectivity index (χ2n) is 16.0. The lowest BCUT2D eigenvalue weighted by Gasteiger charge is -2.34. The lowest BCUT2D eigenvalue weighted by molar-refractivity contribution is -0.150. The van der Waals surface area contributed by atoms with Crippen LogP contribution in [-0.4, -0.2) is 141 Å². The van der Waals surface area contributed by atoms with Gasteiger partial charge < -0.3 is 57.9 Å². The Morgan fingerprint density at radius 2 is 1.41 bits per heavy atom. The van der Waals surface area contributed by atoms with Crippen molar-refractivity contribution in [2.45, 2.75) is 120 Å². The Labute approximate surface area is 338 Å². The first-order valence-electron chi connectivity index (χ1n) is 20.5. The fraction of sp³-hybridized carbons (Fsp3) is 0.625. The van der Waals surface area contributed by atoms with Gasteiger partial charge in [0.1, 0.15) is 36.3 Å². The van der Waals surface area contributed by atoms with Gasteiger partial charge in [-0.2, -0.15) is 0 Å². The normalized spacial score (nSPS) is 21.5. The molecule has 0 bridgehead atoms. The SMILES string of the molecule is CC(C)[C@H](NC(=O)[C@H](CCCCN)NC(=O)[C@@H]1CCCN1C(=O)[C@@H]1CCCN1C(=O)[C@@H]1CCCN1C(=O)[C@@H](N)Cc1c[nH]c2ccccc12)C(=O)N[C@@H](CO)C(N)=O. The van der Waals surface area contributed by atoms with Crippen LogP contribution < -0.4 is 33.2 Å². The molecule has 58 heavy (non-hydrogen) atoms. The van der Waals surface area contributed by atoms with Crippen LogP contribution in [0.15, 0.2) is 30.5 Å². The van der Waals surface area contributed by atoms with Crippen LogP contribution in [0.4, 0.5) is 0 Å². The molecule has 3 fully saturated rings. The van der Waals surface area contributed by atoms with Crippen LogP contribution in [0.2, 0.25) is 0 Å². The Balaban J connectivity index is 1.23. The van der Waals surface area contributed by atoms with E-state index in [2.05, 4.69) is 20.9 Å². The molecule has 1 aromatic heterocycles. The van der Waals surface area contributed by atoms with Gasteiger partial charge in [-0.1, -0.05) is 32.0 Å². The van der Waals surface area contributed by atoms with Crippen molar-refractivity contribution < 1.29 is 38.7 Å². The number of carbonyl (C=O) groups excluding carboxylic acids is 7. The lowest BCUT2D eigenvalue weighted by atomic mass is 10.0. The molecule has 0 spiro atoms. The summed E-state index contributed by atoms with van der Waals surface area (Å²) in [5.74, 6) is -4.25. The number of aromatic nitrogens is 1. The van der Waals surface area contributed by atoms with E-state index < -0.39 is 78.4 Å². The predicted octanol–water partition coefficient (Wildman–Crippen LogP) is -1.27. The molecule has 0 aliphatic carbocycles. The maximum Gasteiger partial charge on any atom is 0.246 e. The number of aliphatic hydroxyl groups is 1. The number of benzene rings is 1. The van der Waals surface area contributed by atoms with Crippen LogP contribution >= 0.6 is 0 Å². The minimum atomic E-state index is -1.35. The summed E-state index contributed by atoms with van der Waals surface area (Å²) in [4.78, 5) is 102. The molecule has 1 aromatic carbocycles. The number of aromatic amines is 1. The van der Waals surface area contributed by atoms with Crippen molar-refractivity contribution in [2.75, 3.05) is 32.8 Å². The molecule has 3 aliphatic rings. The molecule has 0 radical (unpaired) electrons. The Kier molecular flexibility index (Phi) is 15.2. The van der Waals surface area contributed by atoms with Gasteiger partial charge in [-0.05, 0) is 88.3 Å². The zero-order valence-corrected chi connectivity index (χ0v) is 33.5. The molecular weight excluding hydrogens is 749 g/mol. The van der Waals surface area contributed by atoms with Crippen LogP contribution in [-0.2, 0) is 40.0 Å². The number of fused-ring (bicyclic) bond motifs is 1. The number of likely N-dealkylation sites (tertiary alicyclic amines) is 3. The predicted molar refractivity (Wildman–Crippen MR) is 214 cm³/mol. The number of nitrogens with zero attached hydrogens (tertiary/aromatic N) is 3. The summed E-state index contributed by atoms with van der Waals surface area (Å²) in [6.45, 7) is 4.03. The zero-order valence-electron chi connectivity index (χ0n) is 33.5. The number of H-pyrrole nitrogens is 1. The summed E-state index contributed by atoms with van der Waals surface area (Å²) in [5.41, 5.74) is 19.3. The van der Waals surface area contributed by atoms with E-state index in [1.54, 1.807) is 23.6 Å². The first-order valence-corrected chi connectivity index (χ1v) is 20.5. The number of para-hydroxylation sites is 1. The Hall–Kier alpha value is -5.07. The van der Waals surface area contributed by atoms with Crippen molar-refractivity contribution in [3.8, 4) is 0 Å². The lowest BCUT2D eigenvalue weighted by Crippen LogP contribution is -2.60. The second kappa shape index (κ2) is 20.1. The van der Waals surface area contributed by atoms with Crippen LogP contribution in [0.25, 0.3) is 10.9 Å². The Morgan fingerprint density at radius 3 is 2.03 bits per heavy atom. The highest BCUT2D eigenvalue weighted by Gasteiger charge is 2.46. The van der Waals surface area contributed by atoms with Gasteiger partial charge in [0.25, 0.3) is 0 Å². The average Bonchev–Trinajstić information content (AvgIpc) is 4.04. The highest BCUT2D eigenvalue weighted by molar-refractivity contribution is 5.98. The highest BCUT2D eigenvalue weighted by Crippen LogP contribution is 2.29. The number of rotatable bonds is 18. The molecule has 7 atom stereocenters. The van der Waals surface area contributed by atoms with E-state index in [1.165, 1.54) is 4.90 Å². The third-order valence-electron chi connectivity index (χ3n) is 11.6. The van der Waals surface area contributed by atoms with Gasteiger partial charge in [0, 0.05) is 36.7 Å². The number of hydrogen-bond acceptors (Lipinski definition) is 10. The largest absolute Gasteiger partial charge is 0.394 e. The minimum absolute atomic E-state index is 0.204. The number of hydrogen-bond donors (Lipinski definition) is 8. The first kappa shape index (κ1) is 44.0. The van der Waals surface area contributed by atoms with Gasteiger partial charge in [0.05, 0.1) is 12.6 Å². The van der Waals surface area contributed by atoms with Crippen molar-refractivity contribution in [1.82, 2.24) is 35.6 Å². The van der Waals surface area contributed by atoms with E-state index in [0.717, 1.165) is 16.5 Å². The Morgan fingerprint density at radius 1 is 0.810 bits per heavy atom. The van der Waals surface area contributed by atoms with Crippen molar-refractivity contribution in [1.29, 1.82) is 0 Å². The topological polar surface area (TPSA) is 279 Å². The molecule has 11 N–H and O–H groups in total. The van der Waals surface area contributed by atoms with E-state index in [1.807, 2.05) is 30.5 Å². The number of unbranched alkanes of at least 4 members (excludes halogenated alkanes) is 1. The van der Waals surface area contributed by atoms with Crippen LogP contribution in [0.3, 0.4) is 0 Å². The molecule has 18 nitrogen and oxygen atoms in total. The monoisotopic (exact) mass is 808 g/mol. The van der Waals surface area contributed by atoms with Crippen LogP contribution in [0.1, 0.15) is 77.2 Å². The van der Waals surface area contributed by atoms with E-state index in [9.17, 15) is 38.7 Å². The Bertz CT molecular complexity index is 1820. The molecule has 2 aromatic rings. The summed E-state index contributed by atoms with van der Waals surface area (Å²) in [7, 11) is 0. The average molecular weight is 809 g/mol. The highest BCUT2D eigenvalue weighted by atomic mass is 16.3. The summed E-state index contributed by atoms with van der Waals surface area (Å²) in [5, 5.41) is 18.3. The number of nitrogens with two attached hydrogens (primary N) is 3. The summed E-state index contributed by atoms with van der Waals surface area (Å²) in [6.07, 6.45) is 6.37. The quantitative estimate of drug-likeness (QED) is 0.0827. The van der Waals surface area contributed by atoms with Gasteiger partial charge in [-0.3, -0.25) is 33.6 Å². The van der Waals surface area contributed by atoms with Crippen molar-refractivity contribution in [3.05, 3.63) is 36.0 Å². The van der Waals surface area contributed by atoms with Gasteiger partial charge in [-0.25, -0.2) is 0 Å². The van der Waals surface area contributed by atoms with Crippen molar-refractivity contribution >= 4 is 52.3 Å². The van der Waals surface area contributed by atoms with Crippen LogP contribution in [0, 0.1) is 5.92 Å². The number of aliphatic hydroxyl groups excluding tert-OH is 1. The maximum absolute atomic E-state index is 14.2. The molecule has 7 amide bonds. The summed E-state index contributed by atoms with van der Waals surface area (Å²) < 4.78 is 0. The number of carbonyl (C=O) groups is 7.